The van der Waals surface area contributed by atoms with E-state index < -0.39 is 0 Å². The molecule has 2 heterocycles. The van der Waals surface area contributed by atoms with Gasteiger partial charge in [0.15, 0.2) is 0 Å². The van der Waals surface area contributed by atoms with Gasteiger partial charge in [-0.1, -0.05) is 0 Å². The number of carbonyl (C=O) groups is 2. The summed E-state index contributed by atoms with van der Waals surface area (Å²) in [6.07, 6.45) is 4.91. The van der Waals surface area contributed by atoms with Crippen molar-refractivity contribution in [2.24, 2.45) is 23.7 Å². The van der Waals surface area contributed by atoms with Gasteiger partial charge >= 0.3 is 0 Å². The highest BCUT2D eigenvalue weighted by Crippen LogP contribution is 2.56. The van der Waals surface area contributed by atoms with E-state index in [1.54, 1.807) is 12.3 Å². The number of furan rings is 1. The predicted octanol–water partition coefficient (Wildman–Crippen LogP) is 1.81. The second-order valence-electron chi connectivity index (χ2n) is 5.73. The lowest BCUT2D eigenvalue weighted by molar-refractivity contribution is -0.141. The Balaban J connectivity index is 1.63. The molecule has 3 aliphatic rings. The molecule has 94 valence electrons. The molecule has 4 atom stereocenters. The number of carbonyl (C=O) groups excluding carboxylic acids is 2. The van der Waals surface area contributed by atoms with Crippen LogP contribution in [-0.2, 0) is 16.1 Å². The average molecular weight is 245 g/mol. The topological polar surface area (TPSA) is 50.5 Å². The van der Waals surface area contributed by atoms with E-state index in [4.69, 9.17) is 4.42 Å². The first kappa shape index (κ1) is 10.4. The van der Waals surface area contributed by atoms with Gasteiger partial charge in [-0.3, -0.25) is 14.5 Å². The molecule has 2 amide bonds. The summed E-state index contributed by atoms with van der Waals surface area (Å²) < 4.78 is 5.24. The molecule has 0 radical (unpaired) electrons. The second kappa shape index (κ2) is 3.46. The highest BCUT2D eigenvalue weighted by molar-refractivity contribution is 6.05. The molecule has 18 heavy (non-hydrogen) atoms. The number of likely N-dealkylation sites (tertiary alicyclic amines) is 1. The van der Waals surface area contributed by atoms with E-state index in [-0.39, 0.29) is 23.7 Å². The summed E-state index contributed by atoms with van der Waals surface area (Å²) in [7, 11) is 0. The second-order valence-corrected chi connectivity index (χ2v) is 5.73. The first-order valence-corrected chi connectivity index (χ1v) is 6.63. The Hall–Kier alpha value is -1.58. The molecule has 1 saturated heterocycles. The molecule has 2 aliphatic carbocycles. The van der Waals surface area contributed by atoms with Crippen molar-refractivity contribution in [3.63, 3.8) is 0 Å². The average Bonchev–Trinajstić information content (AvgIpc) is 3.10. The van der Waals surface area contributed by atoms with Crippen molar-refractivity contribution in [2.45, 2.75) is 25.8 Å². The zero-order chi connectivity index (χ0) is 12.3. The zero-order valence-corrected chi connectivity index (χ0v) is 10.0. The van der Waals surface area contributed by atoms with Gasteiger partial charge in [0, 0.05) is 0 Å². The van der Waals surface area contributed by atoms with Crippen molar-refractivity contribution in [3.8, 4) is 0 Å². The summed E-state index contributed by atoms with van der Waals surface area (Å²) in [4.78, 5) is 26.2. The molecule has 0 unspecified atom stereocenters. The summed E-state index contributed by atoms with van der Waals surface area (Å²) >= 11 is 0. The molecule has 0 aromatic carbocycles. The maximum atomic E-state index is 12.4. The SMILES string of the molecule is O=C1[C@@H]2[C@H]3CC[C@@H](C3)[C@H]2C(=O)N1Cc1ccco1. The van der Waals surface area contributed by atoms with Crippen LogP contribution in [0, 0.1) is 23.7 Å². The van der Waals surface area contributed by atoms with Gasteiger partial charge in [0.2, 0.25) is 11.8 Å². The molecule has 1 aliphatic heterocycles. The van der Waals surface area contributed by atoms with E-state index in [2.05, 4.69) is 0 Å². The van der Waals surface area contributed by atoms with Gasteiger partial charge in [-0.05, 0) is 43.2 Å². The summed E-state index contributed by atoms with van der Waals surface area (Å²) in [5.74, 6) is 1.62. The molecule has 1 aromatic rings. The number of amides is 2. The first-order valence-electron chi connectivity index (χ1n) is 6.63. The van der Waals surface area contributed by atoms with Gasteiger partial charge in [0.05, 0.1) is 24.6 Å². The van der Waals surface area contributed by atoms with Gasteiger partial charge in [-0.25, -0.2) is 0 Å². The van der Waals surface area contributed by atoms with Gasteiger partial charge < -0.3 is 4.42 Å². The molecule has 4 rings (SSSR count). The summed E-state index contributed by atoms with van der Waals surface area (Å²) in [5, 5.41) is 0. The Bertz CT molecular complexity index is 479. The third kappa shape index (κ3) is 1.21. The van der Waals surface area contributed by atoms with Gasteiger partial charge in [0.1, 0.15) is 5.76 Å². The Morgan fingerprint density at radius 2 is 1.83 bits per heavy atom. The van der Waals surface area contributed by atoms with Gasteiger partial charge in [-0.2, -0.15) is 0 Å². The molecular weight excluding hydrogens is 230 g/mol. The van der Waals surface area contributed by atoms with E-state index in [0.717, 1.165) is 19.3 Å². The largest absolute Gasteiger partial charge is 0.467 e. The minimum Gasteiger partial charge on any atom is -0.467 e. The maximum absolute atomic E-state index is 12.4. The molecular formula is C14H15NO3. The van der Waals surface area contributed by atoms with E-state index in [1.165, 1.54) is 4.90 Å². The van der Waals surface area contributed by atoms with Crippen LogP contribution in [0.25, 0.3) is 0 Å². The normalized spacial score (nSPS) is 37.7. The fraction of sp³-hybridized carbons (Fsp3) is 0.571. The van der Waals surface area contributed by atoms with E-state index >= 15 is 0 Å². The fourth-order valence-electron chi connectivity index (χ4n) is 4.18. The Labute approximate surface area is 105 Å². The summed E-state index contributed by atoms with van der Waals surface area (Å²) in [6.45, 7) is 0.303. The molecule has 1 aromatic heterocycles. The number of imide groups is 1. The Morgan fingerprint density at radius 1 is 1.17 bits per heavy atom. The lowest BCUT2D eigenvalue weighted by atomic mass is 9.81. The van der Waals surface area contributed by atoms with Crippen molar-refractivity contribution < 1.29 is 14.0 Å². The summed E-state index contributed by atoms with van der Waals surface area (Å²) in [6, 6.07) is 3.59. The third-order valence-electron chi connectivity index (χ3n) is 4.91. The first-order chi connectivity index (χ1) is 8.75. The molecule has 2 bridgehead atoms. The lowest BCUT2D eigenvalue weighted by Crippen LogP contribution is -2.32. The number of rotatable bonds is 2. The molecule has 4 nitrogen and oxygen atoms in total. The van der Waals surface area contributed by atoms with Crippen LogP contribution in [0.3, 0.4) is 0 Å². The zero-order valence-electron chi connectivity index (χ0n) is 10.0. The van der Waals surface area contributed by atoms with Gasteiger partial charge in [0.25, 0.3) is 0 Å². The van der Waals surface area contributed by atoms with Gasteiger partial charge in [-0.15, -0.1) is 0 Å². The molecule has 0 N–H and O–H groups in total. The van der Waals surface area contributed by atoms with Crippen LogP contribution in [-0.4, -0.2) is 16.7 Å². The van der Waals surface area contributed by atoms with Crippen molar-refractivity contribution in [3.05, 3.63) is 24.2 Å². The minimum absolute atomic E-state index is 0.0220. The monoisotopic (exact) mass is 245 g/mol. The minimum atomic E-state index is -0.0220. The van der Waals surface area contributed by atoms with Crippen LogP contribution in [0.5, 0.6) is 0 Å². The van der Waals surface area contributed by atoms with E-state index in [9.17, 15) is 9.59 Å². The smallest absolute Gasteiger partial charge is 0.233 e. The highest BCUT2D eigenvalue weighted by Gasteiger charge is 2.60. The number of hydrogen-bond acceptors (Lipinski definition) is 3. The van der Waals surface area contributed by atoms with Crippen LogP contribution in [0.15, 0.2) is 22.8 Å². The van der Waals surface area contributed by atoms with Crippen LogP contribution in [0.1, 0.15) is 25.0 Å². The molecule has 0 spiro atoms. The Kier molecular flexibility index (Phi) is 1.99. The highest BCUT2D eigenvalue weighted by atomic mass is 16.3. The van der Waals surface area contributed by atoms with Crippen LogP contribution >= 0.6 is 0 Å². The summed E-state index contributed by atoms with van der Waals surface area (Å²) in [5.41, 5.74) is 0. The quantitative estimate of drug-likeness (QED) is 0.747. The van der Waals surface area contributed by atoms with Crippen molar-refractivity contribution in [1.82, 2.24) is 4.90 Å². The number of hydrogen-bond donors (Lipinski definition) is 0. The van der Waals surface area contributed by atoms with Crippen molar-refractivity contribution >= 4 is 11.8 Å². The molecule has 2 saturated carbocycles. The predicted molar refractivity (Wildman–Crippen MR) is 62.1 cm³/mol. The van der Waals surface area contributed by atoms with Crippen molar-refractivity contribution in [2.75, 3.05) is 0 Å². The molecule has 3 fully saturated rings. The number of fused-ring (bicyclic) bond motifs is 5. The van der Waals surface area contributed by atoms with Crippen molar-refractivity contribution in [1.29, 1.82) is 0 Å². The van der Waals surface area contributed by atoms with Crippen LogP contribution in [0.4, 0.5) is 0 Å². The third-order valence-corrected chi connectivity index (χ3v) is 4.91. The Morgan fingerprint density at radius 3 is 2.39 bits per heavy atom. The van der Waals surface area contributed by atoms with Crippen LogP contribution < -0.4 is 0 Å². The van der Waals surface area contributed by atoms with E-state index in [1.807, 2.05) is 6.07 Å². The number of nitrogens with zero attached hydrogens (tertiary/aromatic N) is 1. The fourth-order valence-corrected chi connectivity index (χ4v) is 4.18. The molecule has 4 heteroatoms. The van der Waals surface area contributed by atoms with Crippen LogP contribution in [0.2, 0.25) is 0 Å². The lowest BCUT2D eigenvalue weighted by Gasteiger charge is -2.19. The maximum Gasteiger partial charge on any atom is 0.233 e. The standard InChI is InChI=1S/C14H15NO3/c16-13-11-8-3-4-9(6-8)12(11)14(17)15(13)7-10-2-1-5-18-10/h1-2,5,8-9,11-12H,3-4,6-7H2/t8-,9-,11+,12+/m0/s1. The van der Waals surface area contributed by atoms with E-state index in [0.29, 0.717) is 24.1 Å².